The first-order chi connectivity index (χ1) is 17.1. The molecule has 0 aromatic heterocycles. The van der Waals surface area contributed by atoms with Crippen LogP contribution in [0.3, 0.4) is 0 Å². The van der Waals surface area contributed by atoms with Crippen LogP contribution < -0.4 is 18.9 Å². The molecule has 0 bridgehead atoms. The summed E-state index contributed by atoms with van der Waals surface area (Å²) >= 11 is 3.33. The number of benzene rings is 2. The number of ketones is 2. The Labute approximate surface area is 218 Å². The molecule has 0 aliphatic carbocycles. The Morgan fingerprint density at radius 3 is 1.25 bits per heavy atom. The predicted molar refractivity (Wildman–Crippen MR) is 135 cm³/mol. The van der Waals surface area contributed by atoms with E-state index in [4.69, 9.17) is 18.9 Å². The lowest BCUT2D eigenvalue weighted by Gasteiger charge is -2.06. The van der Waals surface area contributed by atoms with Crippen molar-refractivity contribution in [2.75, 3.05) is 41.7 Å². The van der Waals surface area contributed by atoms with Gasteiger partial charge in [0.1, 0.15) is 23.0 Å². The van der Waals surface area contributed by atoms with Gasteiger partial charge in [-0.2, -0.15) is 0 Å². The van der Waals surface area contributed by atoms with Crippen LogP contribution in [0.4, 0.5) is 0 Å². The first-order valence-corrected chi connectivity index (χ1v) is 11.4. The molecule has 11 heteroatoms. The minimum atomic E-state index is -0.927. The van der Waals surface area contributed by atoms with Crippen molar-refractivity contribution in [3.63, 3.8) is 0 Å². The number of carbonyl (C=O) groups is 4. The molecule has 0 aliphatic heterocycles. The number of rotatable bonds is 8. The number of hydrogen-bond acceptors (Lipinski definition) is 10. The average Bonchev–Trinajstić information content (AvgIpc) is 2.88. The third kappa shape index (κ3) is 12.2. The van der Waals surface area contributed by atoms with Gasteiger partial charge in [-0.05, 0) is 38.1 Å². The molecule has 0 spiro atoms. The normalized spacial score (nSPS) is 9.22. The molecule has 10 nitrogen and oxygen atoms in total. The Morgan fingerprint density at radius 2 is 0.972 bits per heavy atom. The van der Waals surface area contributed by atoms with Crippen molar-refractivity contribution in [2.45, 2.75) is 20.8 Å². The van der Waals surface area contributed by atoms with E-state index >= 15 is 0 Å². The van der Waals surface area contributed by atoms with Crippen LogP contribution in [0, 0.1) is 0 Å². The van der Waals surface area contributed by atoms with E-state index in [0.29, 0.717) is 11.5 Å². The predicted octanol–water partition coefficient (Wildman–Crippen LogP) is 4.05. The van der Waals surface area contributed by atoms with Crippen LogP contribution in [0.25, 0.3) is 0 Å². The van der Waals surface area contributed by atoms with Crippen LogP contribution in [0.15, 0.2) is 40.9 Å². The second kappa shape index (κ2) is 17.8. The largest absolute Gasteiger partial charge is 0.497 e. The summed E-state index contributed by atoms with van der Waals surface area (Å²) in [5, 5.41) is 0. The number of carbonyl (C=O) groups excluding carboxylic acids is 4. The number of methoxy groups -OCH3 is 4. The monoisotopic (exact) mass is 570 g/mol. The maximum atomic E-state index is 11.4. The number of halogens is 1. The van der Waals surface area contributed by atoms with Gasteiger partial charge in [-0.3, -0.25) is 9.59 Å². The topological polar surface area (TPSA) is 124 Å². The Bertz CT molecular complexity index is 959. The smallest absolute Gasteiger partial charge is 0.417 e. The highest BCUT2D eigenvalue weighted by molar-refractivity contribution is 9.10. The maximum absolute atomic E-state index is 11.4. The number of Topliss-reactive ketones (excluding diaryl/α,β-unsaturated/α-hetero) is 2. The van der Waals surface area contributed by atoms with Gasteiger partial charge >= 0.3 is 11.9 Å². The SMILES string of the molecule is CCOC(=O)C(=O)OCC.COc1cc(Br)cc(OC)c1.COc1cc(OC)cc(C(=O)C(C)=O)c1. The lowest BCUT2D eigenvalue weighted by atomic mass is 10.1. The van der Waals surface area contributed by atoms with E-state index in [-0.39, 0.29) is 18.8 Å². The van der Waals surface area contributed by atoms with Gasteiger partial charge in [0.05, 0.1) is 41.7 Å². The molecular formula is C25H31BrO10. The molecule has 2 rings (SSSR count). The first kappa shape index (κ1) is 32.4. The van der Waals surface area contributed by atoms with Gasteiger partial charge < -0.3 is 28.4 Å². The number of ether oxygens (including phenoxy) is 6. The zero-order valence-electron chi connectivity index (χ0n) is 21.3. The summed E-state index contributed by atoms with van der Waals surface area (Å²) in [6, 6.07) is 10.2. The van der Waals surface area contributed by atoms with Gasteiger partial charge in [0, 0.05) is 29.1 Å². The second-order valence-corrected chi connectivity index (χ2v) is 7.37. The van der Waals surface area contributed by atoms with Crippen molar-refractivity contribution in [1.82, 2.24) is 0 Å². The van der Waals surface area contributed by atoms with Crippen LogP contribution in [0.2, 0.25) is 0 Å². The van der Waals surface area contributed by atoms with E-state index in [2.05, 4.69) is 25.4 Å². The summed E-state index contributed by atoms with van der Waals surface area (Å²) < 4.78 is 29.7. The molecule has 0 saturated heterocycles. The van der Waals surface area contributed by atoms with Crippen LogP contribution >= 0.6 is 15.9 Å². The zero-order chi connectivity index (χ0) is 27.7. The molecule has 0 unspecified atom stereocenters. The Hall–Kier alpha value is -3.60. The van der Waals surface area contributed by atoms with Crippen LogP contribution in [-0.4, -0.2) is 65.2 Å². The summed E-state index contributed by atoms with van der Waals surface area (Å²) in [6.45, 7) is 4.86. The van der Waals surface area contributed by atoms with Crippen LogP contribution in [-0.2, 0) is 23.9 Å². The molecule has 0 N–H and O–H groups in total. The highest BCUT2D eigenvalue weighted by Crippen LogP contribution is 2.25. The summed E-state index contributed by atoms with van der Waals surface area (Å²) in [4.78, 5) is 43.2. The molecule has 0 amide bonds. The summed E-state index contributed by atoms with van der Waals surface area (Å²) in [6.07, 6.45) is 0. The van der Waals surface area contributed by atoms with Gasteiger partial charge in [-0.15, -0.1) is 0 Å². The summed E-state index contributed by atoms with van der Waals surface area (Å²) in [5.74, 6) is -0.364. The molecule has 0 fully saturated rings. The van der Waals surface area contributed by atoms with E-state index in [1.54, 1.807) is 34.1 Å². The fraction of sp³-hybridized carbons (Fsp3) is 0.360. The minimum absolute atomic E-state index is 0.192. The van der Waals surface area contributed by atoms with Crippen LogP contribution in [0.5, 0.6) is 23.0 Å². The molecule has 36 heavy (non-hydrogen) atoms. The molecule has 2 aromatic carbocycles. The molecule has 0 heterocycles. The van der Waals surface area contributed by atoms with Gasteiger partial charge in [-0.25, -0.2) is 9.59 Å². The Morgan fingerprint density at radius 1 is 0.639 bits per heavy atom. The quantitative estimate of drug-likeness (QED) is 0.260. The van der Waals surface area contributed by atoms with Crippen molar-refractivity contribution in [3.05, 3.63) is 46.4 Å². The fourth-order valence-corrected chi connectivity index (χ4v) is 2.75. The first-order valence-electron chi connectivity index (χ1n) is 10.6. The zero-order valence-corrected chi connectivity index (χ0v) is 22.9. The standard InChI is InChI=1S/C11H12O4.C8H9BrO2.C6H10O4/c1-7(12)11(13)8-4-9(14-2)6-10(5-8)15-3;1-10-7-3-6(9)4-8(5-7)11-2;1-3-9-5(7)6(8)10-4-2/h4-6H,1-3H3;3-5H,1-2H3;3-4H2,1-2H3. The highest BCUT2D eigenvalue weighted by atomic mass is 79.9. The summed E-state index contributed by atoms with van der Waals surface area (Å²) in [7, 11) is 6.22. The van der Waals surface area contributed by atoms with Gasteiger partial charge in [0.25, 0.3) is 0 Å². The Kier molecular flexibility index (Phi) is 16.0. The van der Waals surface area contributed by atoms with Crippen molar-refractivity contribution in [2.24, 2.45) is 0 Å². The Balaban J connectivity index is 0.000000525. The third-order valence-corrected chi connectivity index (χ3v) is 4.42. The second-order valence-electron chi connectivity index (χ2n) is 6.46. The minimum Gasteiger partial charge on any atom is -0.497 e. The number of hydrogen-bond donors (Lipinski definition) is 0. The molecule has 0 atom stereocenters. The van der Waals surface area contributed by atoms with E-state index in [1.807, 2.05) is 18.2 Å². The van der Waals surface area contributed by atoms with Crippen LogP contribution in [0.1, 0.15) is 31.1 Å². The van der Waals surface area contributed by atoms with Gasteiger partial charge in [-0.1, -0.05) is 15.9 Å². The fourth-order valence-electron chi connectivity index (χ4n) is 2.29. The number of esters is 2. The van der Waals surface area contributed by atoms with E-state index in [9.17, 15) is 19.2 Å². The van der Waals surface area contributed by atoms with Crippen molar-refractivity contribution in [1.29, 1.82) is 0 Å². The van der Waals surface area contributed by atoms with Gasteiger partial charge in [0.2, 0.25) is 5.78 Å². The lowest BCUT2D eigenvalue weighted by Crippen LogP contribution is -2.19. The van der Waals surface area contributed by atoms with Crippen molar-refractivity contribution < 1.29 is 47.6 Å². The lowest BCUT2D eigenvalue weighted by molar-refractivity contribution is -0.167. The highest BCUT2D eigenvalue weighted by Gasteiger charge is 2.15. The molecule has 0 aliphatic rings. The third-order valence-electron chi connectivity index (χ3n) is 3.97. The molecular weight excluding hydrogens is 540 g/mol. The summed E-state index contributed by atoms with van der Waals surface area (Å²) in [5.41, 5.74) is 0.277. The molecule has 0 saturated carbocycles. The van der Waals surface area contributed by atoms with E-state index < -0.39 is 23.5 Å². The van der Waals surface area contributed by atoms with Crippen molar-refractivity contribution >= 4 is 39.4 Å². The average molecular weight is 571 g/mol. The van der Waals surface area contributed by atoms with Gasteiger partial charge in [0.15, 0.2) is 5.78 Å². The molecule has 0 radical (unpaired) electrons. The maximum Gasteiger partial charge on any atom is 0.417 e. The van der Waals surface area contributed by atoms with E-state index in [0.717, 1.165) is 16.0 Å². The van der Waals surface area contributed by atoms with Crippen molar-refractivity contribution in [3.8, 4) is 23.0 Å². The van der Waals surface area contributed by atoms with E-state index in [1.165, 1.54) is 33.3 Å². The molecule has 198 valence electrons. The molecule has 2 aromatic rings.